The Balaban J connectivity index is 1.45. The van der Waals surface area contributed by atoms with Crippen LogP contribution in [0.4, 0.5) is 0 Å². The van der Waals surface area contributed by atoms with E-state index in [0.29, 0.717) is 18.5 Å². The summed E-state index contributed by atoms with van der Waals surface area (Å²) in [6.45, 7) is 5.33. The number of piperidine rings is 2. The number of hydrogen-bond acceptors (Lipinski definition) is 5. The fourth-order valence-electron chi connectivity index (χ4n) is 4.21. The van der Waals surface area contributed by atoms with E-state index in [9.17, 15) is 14.4 Å². The van der Waals surface area contributed by atoms with Crippen LogP contribution in [0.25, 0.3) is 0 Å². The number of likely N-dealkylation sites (tertiary alicyclic amines) is 1. The lowest BCUT2D eigenvalue weighted by atomic mass is 9.91. The van der Waals surface area contributed by atoms with Crippen LogP contribution in [0.15, 0.2) is 18.2 Å². The number of carbonyl (C=O) groups excluding carboxylic acids is 3. The van der Waals surface area contributed by atoms with Crippen molar-refractivity contribution in [3.63, 3.8) is 0 Å². The fraction of sp³-hybridized carbons (Fsp3) is 0.550. The van der Waals surface area contributed by atoms with Crippen molar-refractivity contribution in [2.75, 3.05) is 13.1 Å². The second-order valence-corrected chi connectivity index (χ2v) is 8.32. The van der Waals surface area contributed by atoms with Crippen molar-refractivity contribution < 1.29 is 14.4 Å². The van der Waals surface area contributed by atoms with Crippen LogP contribution in [0, 0.1) is 0 Å². The predicted molar refractivity (Wildman–Crippen MR) is 99.6 cm³/mol. The zero-order valence-electron chi connectivity index (χ0n) is 15.7. The fourth-order valence-corrected chi connectivity index (χ4v) is 4.21. The molecule has 3 aliphatic heterocycles. The molecule has 0 saturated carbocycles. The molecule has 2 fully saturated rings. The second kappa shape index (κ2) is 6.73. The summed E-state index contributed by atoms with van der Waals surface area (Å²) in [5.41, 5.74) is 8.94. The molecule has 7 heteroatoms. The first-order valence-electron chi connectivity index (χ1n) is 9.60. The minimum Gasteiger partial charge on any atom is -0.325 e. The highest BCUT2D eigenvalue weighted by atomic mass is 16.2. The second-order valence-electron chi connectivity index (χ2n) is 8.32. The van der Waals surface area contributed by atoms with Gasteiger partial charge in [-0.3, -0.25) is 24.6 Å². The Kier molecular flexibility index (Phi) is 4.52. The Bertz CT molecular complexity index is 794. The highest BCUT2D eigenvalue weighted by Gasteiger charge is 2.39. The van der Waals surface area contributed by atoms with Gasteiger partial charge in [-0.2, -0.15) is 0 Å². The molecular weight excluding hydrogens is 344 g/mol. The van der Waals surface area contributed by atoms with Gasteiger partial charge in [0.1, 0.15) is 6.04 Å². The molecule has 144 valence electrons. The molecule has 1 aromatic carbocycles. The Morgan fingerprint density at radius 2 is 1.96 bits per heavy atom. The van der Waals surface area contributed by atoms with Gasteiger partial charge in [0.15, 0.2) is 0 Å². The molecule has 3 heterocycles. The lowest BCUT2D eigenvalue weighted by molar-refractivity contribution is -0.136. The van der Waals surface area contributed by atoms with Gasteiger partial charge in [0, 0.05) is 43.7 Å². The van der Waals surface area contributed by atoms with Crippen molar-refractivity contribution >= 4 is 17.7 Å². The number of rotatable bonds is 3. The average molecular weight is 370 g/mol. The monoisotopic (exact) mass is 370 g/mol. The third-order valence-electron chi connectivity index (χ3n) is 5.99. The molecule has 3 N–H and O–H groups in total. The first-order chi connectivity index (χ1) is 12.8. The summed E-state index contributed by atoms with van der Waals surface area (Å²) in [7, 11) is 0. The van der Waals surface area contributed by atoms with Crippen LogP contribution in [-0.4, -0.2) is 52.2 Å². The van der Waals surface area contributed by atoms with E-state index in [1.165, 1.54) is 5.56 Å². The van der Waals surface area contributed by atoms with Gasteiger partial charge in [-0.25, -0.2) is 0 Å². The predicted octanol–water partition coefficient (Wildman–Crippen LogP) is 0.761. The maximum absolute atomic E-state index is 12.7. The number of nitrogens with two attached hydrogens (primary N) is 1. The van der Waals surface area contributed by atoms with Crippen LogP contribution < -0.4 is 11.1 Å². The third-order valence-corrected chi connectivity index (χ3v) is 5.99. The lowest BCUT2D eigenvalue weighted by Crippen LogP contribution is -2.52. The van der Waals surface area contributed by atoms with E-state index in [1.54, 1.807) is 4.90 Å². The van der Waals surface area contributed by atoms with E-state index in [2.05, 4.69) is 23.2 Å². The van der Waals surface area contributed by atoms with Gasteiger partial charge in [-0.1, -0.05) is 12.1 Å². The molecule has 1 atom stereocenters. The van der Waals surface area contributed by atoms with Crippen molar-refractivity contribution in [1.29, 1.82) is 0 Å². The minimum atomic E-state index is -0.560. The molecule has 1 unspecified atom stereocenters. The summed E-state index contributed by atoms with van der Waals surface area (Å²) in [4.78, 5) is 40.2. The lowest BCUT2D eigenvalue weighted by Gasteiger charge is -2.36. The summed E-state index contributed by atoms with van der Waals surface area (Å²) in [5, 5.41) is 2.34. The van der Waals surface area contributed by atoms with Crippen molar-refractivity contribution in [1.82, 2.24) is 15.1 Å². The SMILES string of the molecule is CC1(N)CCN(Cc2ccc3c(c2)CN(C2CCC(=O)NC2=O)C3=O)CC1. The molecule has 0 aliphatic carbocycles. The Morgan fingerprint density at radius 3 is 2.67 bits per heavy atom. The zero-order valence-corrected chi connectivity index (χ0v) is 15.7. The van der Waals surface area contributed by atoms with Gasteiger partial charge in [-0.15, -0.1) is 0 Å². The standard InChI is InChI=1S/C20H26N4O3/c1-20(21)6-8-23(9-7-20)11-13-2-3-15-14(10-13)12-24(19(15)27)16-4-5-17(25)22-18(16)26/h2-3,10,16H,4-9,11-12,21H2,1H3,(H,22,25,26). The van der Waals surface area contributed by atoms with Gasteiger partial charge >= 0.3 is 0 Å². The van der Waals surface area contributed by atoms with Crippen LogP contribution in [0.5, 0.6) is 0 Å². The van der Waals surface area contributed by atoms with Gasteiger partial charge in [-0.05, 0) is 43.4 Å². The Morgan fingerprint density at radius 1 is 1.22 bits per heavy atom. The molecule has 0 aromatic heterocycles. The van der Waals surface area contributed by atoms with Gasteiger partial charge in [0.25, 0.3) is 5.91 Å². The number of fused-ring (bicyclic) bond motifs is 1. The van der Waals surface area contributed by atoms with Crippen LogP contribution >= 0.6 is 0 Å². The molecule has 3 amide bonds. The molecule has 0 spiro atoms. The molecule has 2 saturated heterocycles. The summed E-state index contributed by atoms with van der Waals surface area (Å²) >= 11 is 0. The minimum absolute atomic E-state index is 0.0662. The number of hydrogen-bond donors (Lipinski definition) is 2. The quantitative estimate of drug-likeness (QED) is 0.766. The number of amides is 3. The topological polar surface area (TPSA) is 95.7 Å². The van der Waals surface area contributed by atoms with Crippen LogP contribution in [0.1, 0.15) is 54.1 Å². The Labute approximate surface area is 158 Å². The van der Waals surface area contributed by atoms with E-state index in [1.807, 2.05) is 12.1 Å². The number of nitrogens with zero attached hydrogens (tertiary/aromatic N) is 2. The van der Waals surface area contributed by atoms with E-state index in [0.717, 1.165) is 38.0 Å². The van der Waals surface area contributed by atoms with Crippen LogP contribution in [0.2, 0.25) is 0 Å². The highest BCUT2D eigenvalue weighted by molar-refractivity contribution is 6.05. The molecule has 0 bridgehead atoms. The summed E-state index contributed by atoms with van der Waals surface area (Å²) in [6, 6.07) is 5.39. The summed E-state index contributed by atoms with van der Waals surface area (Å²) in [5.74, 6) is -0.758. The van der Waals surface area contributed by atoms with Gasteiger partial charge in [0.2, 0.25) is 11.8 Å². The molecule has 27 heavy (non-hydrogen) atoms. The highest BCUT2D eigenvalue weighted by Crippen LogP contribution is 2.29. The first kappa shape index (κ1) is 18.1. The first-order valence-corrected chi connectivity index (χ1v) is 9.60. The average Bonchev–Trinajstić information content (AvgIpc) is 2.93. The van der Waals surface area contributed by atoms with Crippen molar-refractivity contribution in [3.05, 3.63) is 34.9 Å². The van der Waals surface area contributed by atoms with E-state index < -0.39 is 6.04 Å². The Hall–Kier alpha value is -2.25. The maximum Gasteiger partial charge on any atom is 0.255 e. The van der Waals surface area contributed by atoms with E-state index >= 15 is 0 Å². The molecule has 0 radical (unpaired) electrons. The molecule has 1 aromatic rings. The number of carbonyl (C=O) groups is 3. The van der Waals surface area contributed by atoms with Crippen molar-refractivity contribution in [3.8, 4) is 0 Å². The van der Waals surface area contributed by atoms with Gasteiger partial charge in [0.05, 0.1) is 0 Å². The molecule has 4 rings (SSSR count). The maximum atomic E-state index is 12.7. The molecule has 7 nitrogen and oxygen atoms in total. The van der Waals surface area contributed by atoms with Gasteiger partial charge < -0.3 is 10.6 Å². The smallest absolute Gasteiger partial charge is 0.255 e. The van der Waals surface area contributed by atoms with Crippen molar-refractivity contribution in [2.45, 2.75) is 57.3 Å². The number of nitrogens with one attached hydrogen (secondary N) is 1. The van der Waals surface area contributed by atoms with E-state index in [4.69, 9.17) is 5.73 Å². The van der Waals surface area contributed by atoms with Crippen molar-refractivity contribution in [2.24, 2.45) is 5.73 Å². The van der Waals surface area contributed by atoms with E-state index in [-0.39, 0.29) is 29.7 Å². The van der Waals surface area contributed by atoms with Crippen LogP contribution in [0.3, 0.4) is 0 Å². The number of benzene rings is 1. The van der Waals surface area contributed by atoms with Crippen LogP contribution in [-0.2, 0) is 22.7 Å². The largest absolute Gasteiger partial charge is 0.325 e. The number of imide groups is 1. The zero-order chi connectivity index (χ0) is 19.2. The third kappa shape index (κ3) is 3.61. The molecular formula is C20H26N4O3. The normalized spacial score (nSPS) is 25.5. The molecule has 3 aliphatic rings. The summed E-state index contributed by atoms with van der Waals surface area (Å²) in [6.07, 6.45) is 2.64. The summed E-state index contributed by atoms with van der Waals surface area (Å²) < 4.78 is 0.